The number of amides is 2. The third kappa shape index (κ3) is 2.51. The maximum absolute atomic E-state index is 12.4. The predicted molar refractivity (Wildman–Crippen MR) is 79.3 cm³/mol. The Labute approximate surface area is 129 Å². The highest BCUT2D eigenvalue weighted by atomic mass is 16.6. The van der Waals surface area contributed by atoms with Gasteiger partial charge in [-0.25, -0.2) is 9.69 Å². The van der Waals surface area contributed by atoms with E-state index in [-0.39, 0.29) is 30.6 Å². The Morgan fingerprint density at radius 3 is 2.68 bits per heavy atom. The molecule has 1 saturated carbocycles. The number of benzene rings is 1. The van der Waals surface area contributed by atoms with Crippen LogP contribution in [0.3, 0.4) is 0 Å². The Balaban J connectivity index is 1.71. The Kier molecular flexibility index (Phi) is 3.72. The number of rotatable bonds is 5. The molecule has 1 spiro atoms. The maximum Gasteiger partial charge on any atom is 0.417 e. The monoisotopic (exact) mass is 301 g/mol. The van der Waals surface area contributed by atoms with E-state index in [4.69, 9.17) is 4.74 Å². The number of hydrogen-bond donors (Lipinski definition) is 0. The number of cyclic esters (lactones) is 1. The standard InChI is InChI=1S/C17H19NO4/c1-12(19)6-5-9-15(20)18-16(21)22-11-17(18)10-14(17)13-7-3-2-4-8-13/h2-4,7-8,14H,5-6,9-11H2,1H3/t14-,17?/m1/s1. The van der Waals surface area contributed by atoms with E-state index in [2.05, 4.69) is 0 Å². The van der Waals surface area contributed by atoms with Crippen molar-refractivity contribution in [3.8, 4) is 0 Å². The van der Waals surface area contributed by atoms with Crippen molar-refractivity contribution in [3.05, 3.63) is 35.9 Å². The maximum atomic E-state index is 12.4. The molecule has 3 rings (SSSR count). The van der Waals surface area contributed by atoms with E-state index < -0.39 is 11.6 Å². The van der Waals surface area contributed by atoms with Crippen LogP contribution in [0.15, 0.2) is 30.3 Å². The minimum absolute atomic E-state index is 0.0556. The number of nitrogens with zero attached hydrogens (tertiary/aromatic N) is 1. The smallest absolute Gasteiger partial charge is 0.417 e. The van der Waals surface area contributed by atoms with Crippen molar-refractivity contribution in [3.63, 3.8) is 0 Å². The summed E-state index contributed by atoms with van der Waals surface area (Å²) in [5.74, 6) is -0.0285. The summed E-state index contributed by atoms with van der Waals surface area (Å²) in [5.41, 5.74) is 0.619. The molecule has 2 amide bonds. The van der Waals surface area contributed by atoms with Gasteiger partial charge in [-0.15, -0.1) is 0 Å². The third-order valence-corrected chi connectivity index (χ3v) is 4.49. The number of ether oxygens (including phenoxy) is 1. The van der Waals surface area contributed by atoms with Crippen LogP contribution in [0, 0.1) is 0 Å². The molecule has 1 unspecified atom stereocenters. The average molecular weight is 301 g/mol. The molecule has 116 valence electrons. The van der Waals surface area contributed by atoms with E-state index in [1.165, 1.54) is 11.8 Å². The van der Waals surface area contributed by atoms with Crippen LogP contribution in [0.1, 0.15) is 44.1 Å². The highest BCUT2D eigenvalue weighted by Gasteiger charge is 2.66. The van der Waals surface area contributed by atoms with Crippen molar-refractivity contribution in [1.29, 1.82) is 0 Å². The SMILES string of the molecule is CC(=O)CCCC(=O)N1C(=O)OCC12C[C@@H]2c1ccccc1. The van der Waals surface area contributed by atoms with Gasteiger partial charge in [-0.1, -0.05) is 30.3 Å². The molecule has 22 heavy (non-hydrogen) atoms. The predicted octanol–water partition coefficient (Wildman–Crippen LogP) is 2.65. The molecular formula is C17H19NO4. The lowest BCUT2D eigenvalue weighted by atomic mass is 10.1. The largest absolute Gasteiger partial charge is 0.447 e. The fourth-order valence-corrected chi connectivity index (χ4v) is 3.26. The minimum Gasteiger partial charge on any atom is -0.447 e. The second kappa shape index (κ2) is 5.55. The minimum atomic E-state index is -0.550. The van der Waals surface area contributed by atoms with Gasteiger partial charge < -0.3 is 9.53 Å². The van der Waals surface area contributed by atoms with Gasteiger partial charge in [0, 0.05) is 18.8 Å². The number of ketones is 1. The van der Waals surface area contributed by atoms with Crippen LogP contribution in [0.5, 0.6) is 0 Å². The summed E-state index contributed by atoms with van der Waals surface area (Å²) >= 11 is 0. The van der Waals surface area contributed by atoms with Crippen LogP contribution in [-0.2, 0) is 14.3 Å². The zero-order valence-electron chi connectivity index (χ0n) is 12.6. The summed E-state index contributed by atoms with van der Waals surface area (Å²) in [6.07, 6.45) is 1.25. The summed E-state index contributed by atoms with van der Waals surface area (Å²) in [6.45, 7) is 1.77. The molecule has 1 saturated heterocycles. The summed E-state index contributed by atoms with van der Waals surface area (Å²) in [5, 5.41) is 0. The van der Waals surface area contributed by atoms with Crippen LogP contribution < -0.4 is 0 Å². The second-order valence-electron chi connectivity index (χ2n) is 6.11. The van der Waals surface area contributed by atoms with Gasteiger partial charge in [-0.05, 0) is 25.3 Å². The summed E-state index contributed by atoms with van der Waals surface area (Å²) in [6, 6.07) is 9.89. The Hall–Kier alpha value is -2.17. The number of carbonyl (C=O) groups is 3. The summed E-state index contributed by atoms with van der Waals surface area (Å²) in [7, 11) is 0. The van der Waals surface area contributed by atoms with Crippen LogP contribution >= 0.6 is 0 Å². The zero-order chi connectivity index (χ0) is 15.7. The van der Waals surface area contributed by atoms with Crippen LogP contribution in [0.2, 0.25) is 0 Å². The molecule has 1 aromatic carbocycles. The van der Waals surface area contributed by atoms with Crippen LogP contribution in [-0.4, -0.2) is 34.8 Å². The average Bonchev–Trinajstić information content (AvgIpc) is 3.11. The molecule has 0 N–H and O–H groups in total. The molecule has 2 aliphatic rings. The van der Waals surface area contributed by atoms with Gasteiger partial charge in [0.1, 0.15) is 12.4 Å². The first-order chi connectivity index (χ1) is 10.5. The van der Waals surface area contributed by atoms with E-state index in [0.29, 0.717) is 12.8 Å². The molecule has 1 aliphatic carbocycles. The molecule has 5 heteroatoms. The molecule has 5 nitrogen and oxygen atoms in total. The number of Topliss-reactive ketones (excluding diaryl/α,β-unsaturated/α-hetero) is 1. The van der Waals surface area contributed by atoms with Gasteiger partial charge in [0.05, 0.1) is 5.54 Å². The van der Waals surface area contributed by atoms with Gasteiger partial charge in [-0.3, -0.25) is 4.79 Å². The normalized spacial score (nSPS) is 26.1. The van der Waals surface area contributed by atoms with E-state index in [1.54, 1.807) is 0 Å². The Morgan fingerprint density at radius 2 is 2.00 bits per heavy atom. The summed E-state index contributed by atoms with van der Waals surface area (Å²) in [4.78, 5) is 36.6. The molecule has 1 heterocycles. The van der Waals surface area contributed by atoms with Crippen molar-refractivity contribution in [2.45, 2.75) is 44.1 Å². The van der Waals surface area contributed by atoms with Crippen molar-refractivity contribution in [2.24, 2.45) is 0 Å². The van der Waals surface area contributed by atoms with E-state index in [0.717, 1.165) is 12.0 Å². The van der Waals surface area contributed by atoms with Gasteiger partial charge in [-0.2, -0.15) is 0 Å². The van der Waals surface area contributed by atoms with Crippen molar-refractivity contribution in [1.82, 2.24) is 4.90 Å². The molecule has 1 aliphatic heterocycles. The first kappa shape index (κ1) is 14.8. The molecule has 2 atom stereocenters. The van der Waals surface area contributed by atoms with Gasteiger partial charge in [0.25, 0.3) is 0 Å². The first-order valence-electron chi connectivity index (χ1n) is 7.59. The lowest BCUT2D eigenvalue weighted by molar-refractivity contribution is -0.129. The lowest BCUT2D eigenvalue weighted by Gasteiger charge is -2.20. The van der Waals surface area contributed by atoms with Crippen LogP contribution in [0.4, 0.5) is 4.79 Å². The highest BCUT2D eigenvalue weighted by molar-refractivity contribution is 5.95. The fourth-order valence-electron chi connectivity index (χ4n) is 3.26. The van der Waals surface area contributed by atoms with Gasteiger partial charge in [0.2, 0.25) is 5.91 Å². The molecule has 2 fully saturated rings. The van der Waals surface area contributed by atoms with Crippen molar-refractivity contribution in [2.75, 3.05) is 6.61 Å². The number of carbonyl (C=O) groups excluding carboxylic acids is 3. The third-order valence-electron chi connectivity index (χ3n) is 4.49. The zero-order valence-corrected chi connectivity index (χ0v) is 12.6. The molecule has 1 aromatic rings. The van der Waals surface area contributed by atoms with Crippen molar-refractivity contribution < 1.29 is 19.1 Å². The number of hydrogen-bond acceptors (Lipinski definition) is 4. The van der Waals surface area contributed by atoms with E-state index in [9.17, 15) is 14.4 Å². The molecule has 0 bridgehead atoms. The number of imide groups is 1. The quantitative estimate of drug-likeness (QED) is 0.838. The summed E-state index contributed by atoms with van der Waals surface area (Å²) < 4.78 is 5.14. The van der Waals surface area contributed by atoms with Crippen molar-refractivity contribution >= 4 is 17.8 Å². The molecular weight excluding hydrogens is 282 g/mol. The Bertz CT molecular complexity index is 612. The molecule has 0 radical (unpaired) electrons. The van der Waals surface area contributed by atoms with Crippen LogP contribution in [0.25, 0.3) is 0 Å². The first-order valence-corrected chi connectivity index (χ1v) is 7.59. The van der Waals surface area contributed by atoms with E-state index >= 15 is 0 Å². The van der Waals surface area contributed by atoms with E-state index in [1.807, 2.05) is 30.3 Å². The van der Waals surface area contributed by atoms with Gasteiger partial charge >= 0.3 is 6.09 Å². The van der Waals surface area contributed by atoms with Gasteiger partial charge in [0.15, 0.2) is 0 Å². The fraction of sp³-hybridized carbons (Fsp3) is 0.471. The lowest BCUT2D eigenvalue weighted by Crippen LogP contribution is -2.41. The highest BCUT2D eigenvalue weighted by Crippen LogP contribution is 2.58. The molecule has 0 aromatic heterocycles. The second-order valence-corrected chi connectivity index (χ2v) is 6.11. The topological polar surface area (TPSA) is 63.7 Å². The Morgan fingerprint density at radius 1 is 1.27 bits per heavy atom.